The molecule has 0 aliphatic carbocycles. The Morgan fingerprint density at radius 1 is 1.04 bits per heavy atom. The van der Waals surface area contributed by atoms with Crippen molar-refractivity contribution < 1.29 is 4.79 Å². The molecule has 3 rings (SSSR count). The molecule has 24 heavy (non-hydrogen) atoms. The van der Waals surface area contributed by atoms with E-state index >= 15 is 0 Å². The van der Waals surface area contributed by atoms with Crippen molar-refractivity contribution in [1.29, 1.82) is 0 Å². The highest BCUT2D eigenvalue weighted by molar-refractivity contribution is 6.30. The Hall–Kier alpha value is -2.39. The van der Waals surface area contributed by atoms with Crippen molar-refractivity contribution in [3.8, 4) is 0 Å². The molecular formula is C20H19ClN2O. The number of aryl methyl sites for hydroxylation is 1. The first-order valence-corrected chi connectivity index (χ1v) is 8.43. The fourth-order valence-electron chi connectivity index (χ4n) is 2.61. The van der Waals surface area contributed by atoms with E-state index in [1.165, 1.54) is 5.56 Å². The van der Waals surface area contributed by atoms with Gasteiger partial charge in [0.25, 0.3) is 0 Å². The number of fused-ring (bicyclic) bond motifs is 1. The molecule has 1 amide bonds. The zero-order valence-corrected chi connectivity index (χ0v) is 14.1. The summed E-state index contributed by atoms with van der Waals surface area (Å²) in [7, 11) is 0. The number of carbonyl (C=O) groups is 1. The van der Waals surface area contributed by atoms with Gasteiger partial charge >= 0.3 is 0 Å². The van der Waals surface area contributed by atoms with Crippen LogP contribution in [-0.4, -0.2) is 10.9 Å². The summed E-state index contributed by atoms with van der Waals surface area (Å²) in [5.74, 6) is 0.0668. The fourth-order valence-corrected chi connectivity index (χ4v) is 2.73. The summed E-state index contributed by atoms with van der Waals surface area (Å²) in [6, 6.07) is 17.8. The molecule has 1 N–H and O–H groups in total. The van der Waals surface area contributed by atoms with Crippen LogP contribution in [0.3, 0.4) is 0 Å². The summed E-state index contributed by atoms with van der Waals surface area (Å²) in [4.78, 5) is 16.4. The second-order valence-electron chi connectivity index (χ2n) is 5.79. The molecule has 0 saturated heterocycles. The van der Waals surface area contributed by atoms with Crippen molar-refractivity contribution in [2.75, 3.05) is 0 Å². The van der Waals surface area contributed by atoms with E-state index in [0.29, 0.717) is 13.0 Å². The van der Waals surface area contributed by atoms with Gasteiger partial charge in [0.05, 0.1) is 5.52 Å². The molecule has 0 unspecified atom stereocenters. The summed E-state index contributed by atoms with van der Waals surface area (Å²) in [6.07, 6.45) is 4.03. The lowest BCUT2D eigenvalue weighted by atomic mass is 10.1. The first kappa shape index (κ1) is 16.5. The molecule has 0 spiro atoms. The van der Waals surface area contributed by atoms with E-state index in [4.69, 9.17) is 11.6 Å². The van der Waals surface area contributed by atoms with Crippen molar-refractivity contribution in [2.45, 2.75) is 25.8 Å². The van der Waals surface area contributed by atoms with Crippen molar-refractivity contribution in [1.82, 2.24) is 10.3 Å². The van der Waals surface area contributed by atoms with Gasteiger partial charge in [-0.2, -0.15) is 0 Å². The van der Waals surface area contributed by atoms with Crippen LogP contribution < -0.4 is 5.32 Å². The molecular weight excluding hydrogens is 320 g/mol. The van der Waals surface area contributed by atoms with Gasteiger partial charge in [-0.05, 0) is 48.2 Å². The van der Waals surface area contributed by atoms with Crippen LogP contribution in [0.4, 0.5) is 0 Å². The van der Waals surface area contributed by atoms with Crippen molar-refractivity contribution in [3.63, 3.8) is 0 Å². The van der Waals surface area contributed by atoms with E-state index in [0.717, 1.165) is 34.3 Å². The highest BCUT2D eigenvalue weighted by Gasteiger charge is 2.03. The summed E-state index contributed by atoms with van der Waals surface area (Å²) >= 11 is 5.86. The first-order chi connectivity index (χ1) is 11.7. The maximum atomic E-state index is 12.0. The maximum Gasteiger partial charge on any atom is 0.220 e. The van der Waals surface area contributed by atoms with Crippen LogP contribution in [0, 0.1) is 0 Å². The van der Waals surface area contributed by atoms with Crippen LogP contribution in [0.2, 0.25) is 5.02 Å². The predicted molar refractivity (Wildman–Crippen MR) is 98.0 cm³/mol. The molecule has 0 saturated carbocycles. The largest absolute Gasteiger partial charge is 0.352 e. The van der Waals surface area contributed by atoms with E-state index in [1.807, 2.05) is 54.7 Å². The average Bonchev–Trinajstić information content (AvgIpc) is 2.61. The van der Waals surface area contributed by atoms with Crippen LogP contribution in [0.5, 0.6) is 0 Å². The highest BCUT2D eigenvalue weighted by Crippen LogP contribution is 2.13. The molecule has 0 atom stereocenters. The van der Waals surface area contributed by atoms with Crippen LogP contribution in [0.15, 0.2) is 60.8 Å². The minimum Gasteiger partial charge on any atom is -0.352 e. The third-order valence-corrected chi connectivity index (χ3v) is 4.17. The van der Waals surface area contributed by atoms with Gasteiger partial charge in [-0.25, -0.2) is 0 Å². The van der Waals surface area contributed by atoms with Crippen molar-refractivity contribution in [2.24, 2.45) is 0 Å². The molecule has 3 nitrogen and oxygen atoms in total. The first-order valence-electron chi connectivity index (χ1n) is 8.05. The van der Waals surface area contributed by atoms with Crippen molar-refractivity contribution in [3.05, 3.63) is 76.9 Å². The average molecular weight is 339 g/mol. The Morgan fingerprint density at radius 2 is 1.83 bits per heavy atom. The van der Waals surface area contributed by atoms with Gasteiger partial charge in [0.2, 0.25) is 5.91 Å². The number of para-hydroxylation sites is 1. The highest BCUT2D eigenvalue weighted by atomic mass is 35.5. The fraction of sp³-hybridized carbons (Fsp3) is 0.200. The van der Waals surface area contributed by atoms with Crippen molar-refractivity contribution >= 4 is 28.4 Å². The maximum absolute atomic E-state index is 12.0. The lowest BCUT2D eigenvalue weighted by molar-refractivity contribution is -0.121. The number of amides is 1. The van der Waals surface area contributed by atoms with Crippen LogP contribution >= 0.6 is 11.6 Å². The molecule has 0 bridgehead atoms. The predicted octanol–water partition coefficient (Wildman–Crippen LogP) is 4.53. The number of rotatable bonds is 6. The summed E-state index contributed by atoms with van der Waals surface area (Å²) in [6.45, 7) is 0.512. The van der Waals surface area contributed by atoms with Crippen LogP contribution in [-0.2, 0) is 17.8 Å². The van der Waals surface area contributed by atoms with Gasteiger partial charge in [0.1, 0.15) is 0 Å². The summed E-state index contributed by atoms with van der Waals surface area (Å²) in [5.41, 5.74) is 3.18. The lowest BCUT2D eigenvalue weighted by Gasteiger charge is -2.06. The van der Waals surface area contributed by atoms with Crippen LogP contribution in [0.25, 0.3) is 10.9 Å². The third kappa shape index (κ3) is 4.56. The van der Waals surface area contributed by atoms with E-state index in [-0.39, 0.29) is 5.91 Å². The number of carbonyl (C=O) groups excluding carboxylic acids is 1. The number of aromatic nitrogens is 1. The quantitative estimate of drug-likeness (QED) is 0.717. The summed E-state index contributed by atoms with van der Waals surface area (Å²) in [5, 5.41) is 4.79. The second-order valence-corrected chi connectivity index (χ2v) is 6.23. The Morgan fingerprint density at radius 3 is 2.67 bits per heavy atom. The number of hydrogen-bond donors (Lipinski definition) is 1. The minimum atomic E-state index is 0.0668. The van der Waals surface area contributed by atoms with E-state index in [1.54, 1.807) is 0 Å². The Labute approximate surface area is 146 Å². The monoisotopic (exact) mass is 338 g/mol. The molecule has 3 aromatic rings. The van der Waals surface area contributed by atoms with Gasteiger partial charge in [-0.1, -0.05) is 41.9 Å². The zero-order chi connectivity index (χ0) is 16.8. The normalized spacial score (nSPS) is 10.7. The molecule has 4 heteroatoms. The lowest BCUT2D eigenvalue weighted by Crippen LogP contribution is -2.22. The standard InChI is InChI=1S/C20H19ClN2O/c21-18-10-8-15(9-11-18)4-3-7-20(24)23-14-16-12-17-5-1-2-6-19(17)22-13-16/h1-2,5-6,8-13H,3-4,7,14H2,(H,23,24). The van der Waals surface area contributed by atoms with Gasteiger partial charge < -0.3 is 5.32 Å². The molecule has 0 radical (unpaired) electrons. The number of pyridine rings is 1. The summed E-state index contributed by atoms with van der Waals surface area (Å²) < 4.78 is 0. The smallest absolute Gasteiger partial charge is 0.220 e. The molecule has 122 valence electrons. The molecule has 1 aromatic heterocycles. The Balaban J connectivity index is 1.45. The van der Waals surface area contributed by atoms with E-state index in [9.17, 15) is 4.79 Å². The third-order valence-electron chi connectivity index (χ3n) is 3.92. The topological polar surface area (TPSA) is 42.0 Å². The number of halogens is 1. The van der Waals surface area contributed by atoms with E-state index in [2.05, 4.69) is 16.4 Å². The van der Waals surface area contributed by atoms with Crippen LogP contribution in [0.1, 0.15) is 24.0 Å². The molecule has 0 aliphatic rings. The van der Waals surface area contributed by atoms with Gasteiger partial charge in [0, 0.05) is 29.6 Å². The SMILES string of the molecule is O=C(CCCc1ccc(Cl)cc1)NCc1cnc2ccccc2c1. The van der Waals surface area contributed by atoms with Gasteiger partial charge in [0.15, 0.2) is 0 Å². The Kier molecular flexibility index (Phi) is 5.44. The van der Waals surface area contributed by atoms with Gasteiger partial charge in [-0.3, -0.25) is 9.78 Å². The zero-order valence-electron chi connectivity index (χ0n) is 13.3. The molecule has 1 heterocycles. The number of benzene rings is 2. The van der Waals surface area contributed by atoms with Gasteiger partial charge in [-0.15, -0.1) is 0 Å². The number of hydrogen-bond acceptors (Lipinski definition) is 2. The van der Waals surface area contributed by atoms with E-state index < -0.39 is 0 Å². The minimum absolute atomic E-state index is 0.0668. The molecule has 0 fully saturated rings. The number of nitrogens with zero attached hydrogens (tertiary/aromatic N) is 1. The second kappa shape index (κ2) is 7.93. The Bertz CT molecular complexity index is 830. The molecule has 2 aromatic carbocycles. The number of nitrogens with one attached hydrogen (secondary N) is 1. The molecule has 0 aliphatic heterocycles.